The van der Waals surface area contributed by atoms with Gasteiger partial charge in [0, 0.05) is 19.0 Å². The Morgan fingerprint density at radius 1 is 1.50 bits per heavy atom. The number of hydrogen-bond acceptors (Lipinski definition) is 3. The molecule has 3 nitrogen and oxygen atoms in total. The lowest BCUT2D eigenvalue weighted by atomic mass is 9.93. The summed E-state index contributed by atoms with van der Waals surface area (Å²) in [6.07, 6.45) is 5.24. The second-order valence-electron chi connectivity index (χ2n) is 4.66. The van der Waals surface area contributed by atoms with Crippen LogP contribution in [0.15, 0.2) is 18.5 Å². The molecule has 88 valence electrons. The van der Waals surface area contributed by atoms with Crippen LogP contribution in [-0.4, -0.2) is 24.7 Å². The molecule has 0 amide bonds. The van der Waals surface area contributed by atoms with Gasteiger partial charge in [-0.2, -0.15) is 0 Å². The van der Waals surface area contributed by atoms with Gasteiger partial charge >= 0.3 is 0 Å². The fourth-order valence-corrected chi connectivity index (χ4v) is 2.41. The van der Waals surface area contributed by atoms with E-state index >= 15 is 0 Å². The number of nitrogens with zero attached hydrogens (tertiary/aromatic N) is 1. The Morgan fingerprint density at radius 2 is 2.31 bits per heavy atom. The van der Waals surface area contributed by atoms with Crippen molar-refractivity contribution < 1.29 is 4.74 Å². The summed E-state index contributed by atoms with van der Waals surface area (Å²) in [5, 5.41) is 3.35. The van der Waals surface area contributed by atoms with Crippen molar-refractivity contribution >= 4 is 0 Å². The summed E-state index contributed by atoms with van der Waals surface area (Å²) < 4.78 is 5.82. The van der Waals surface area contributed by atoms with Crippen molar-refractivity contribution in [2.45, 2.75) is 32.4 Å². The van der Waals surface area contributed by atoms with Gasteiger partial charge in [0.1, 0.15) is 0 Å². The monoisotopic (exact) mass is 220 g/mol. The number of hydrogen-bond donors (Lipinski definition) is 1. The van der Waals surface area contributed by atoms with Crippen LogP contribution < -0.4 is 5.32 Å². The molecule has 16 heavy (non-hydrogen) atoms. The van der Waals surface area contributed by atoms with Crippen LogP contribution in [0.5, 0.6) is 0 Å². The maximum atomic E-state index is 5.82. The Kier molecular flexibility index (Phi) is 3.56. The molecule has 0 bridgehead atoms. The number of ether oxygens (including phenoxy) is 1. The van der Waals surface area contributed by atoms with Gasteiger partial charge in [0.25, 0.3) is 0 Å². The summed E-state index contributed by atoms with van der Waals surface area (Å²) in [5.74, 6) is 0.609. The minimum absolute atomic E-state index is 0.255. The summed E-state index contributed by atoms with van der Waals surface area (Å²) in [4.78, 5) is 4.25. The molecule has 1 aliphatic heterocycles. The zero-order valence-corrected chi connectivity index (χ0v) is 10.2. The van der Waals surface area contributed by atoms with Gasteiger partial charge in [0.2, 0.25) is 0 Å². The summed E-state index contributed by atoms with van der Waals surface area (Å²) in [5.41, 5.74) is 2.42. The van der Waals surface area contributed by atoms with E-state index in [0.29, 0.717) is 5.92 Å². The van der Waals surface area contributed by atoms with E-state index in [9.17, 15) is 0 Å². The predicted molar refractivity (Wildman–Crippen MR) is 64.3 cm³/mol. The third-order valence-corrected chi connectivity index (χ3v) is 3.34. The Bertz CT molecular complexity index is 354. The van der Waals surface area contributed by atoms with Crippen LogP contribution in [0.1, 0.15) is 30.5 Å². The summed E-state index contributed by atoms with van der Waals surface area (Å²) in [6, 6.07) is 2.44. The molecule has 0 saturated carbocycles. The Hall–Kier alpha value is -0.930. The standard InChI is InChI=1S/C13H20N2O/c1-9-6-11(8-15-7-9)12(14-3)13-10(2)4-5-16-13/h6-8,10,12-14H,4-5H2,1-3H3. The first-order valence-electron chi connectivity index (χ1n) is 5.93. The number of nitrogens with one attached hydrogen (secondary N) is 1. The maximum Gasteiger partial charge on any atom is 0.0796 e. The van der Waals surface area contributed by atoms with Crippen molar-refractivity contribution in [2.24, 2.45) is 5.92 Å². The van der Waals surface area contributed by atoms with Gasteiger partial charge < -0.3 is 10.1 Å². The van der Waals surface area contributed by atoms with E-state index in [1.807, 2.05) is 19.4 Å². The lowest BCUT2D eigenvalue weighted by Gasteiger charge is -2.26. The fourth-order valence-electron chi connectivity index (χ4n) is 2.41. The normalized spacial score (nSPS) is 26.9. The highest BCUT2D eigenvalue weighted by atomic mass is 16.5. The number of aryl methyl sites for hydroxylation is 1. The van der Waals surface area contributed by atoms with Crippen molar-refractivity contribution in [3.05, 3.63) is 29.6 Å². The molecule has 0 aromatic carbocycles. The average molecular weight is 220 g/mol. The molecule has 0 radical (unpaired) electrons. The van der Waals surface area contributed by atoms with Crippen LogP contribution in [0.25, 0.3) is 0 Å². The van der Waals surface area contributed by atoms with Gasteiger partial charge in [-0.1, -0.05) is 13.0 Å². The molecule has 2 heterocycles. The Balaban J connectivity index is 2.21. The molecule has 0 aliphatic carbocycles. The molecule has 1 aliphatic rings. The van der Waals surface area contributed by atoms with Gasteiger partial charge in [0.05, 0.1) is 12.1 Å². The predicted octanol–water partition coefficient (Wildman–Crippen LogP) is 2.08. The Morgan fingerprint density at radius 3 is 2.88 bits per heavy atom. The first-order valence-corrected chi connectivity index (χ1v) is 5.93. The van der Waals surface area contributed by atoms with Crippen LogP contribution in [0.4, 0.5) is 0 Å². The smallest absolute Gasteiger partial charge is 0.0796 e. The average Bonchev–Trinajstić information content (AvgIpc) is 2.67. The third-order valence-electron chi connectivity index (χ3n) is 3.34. The molecule has 3 heteroatoms. The second kappa shape index (κ2) is 4.93. The van der Waals surface area contributed by atoms with E-state index in [2.05, 4.69) is 30.2 Å². The SMILES string of the molecule is CNC(c1cncc(C)c1)C1OCCC1C. The molecule has 0 spiro atoms. The van der Waals surface area contributed by atoms with Crippen LogP contribution in [0, 0.1) is 12.8 Å². The van der Waals surface area contributed by atoms with Crippen molar-refractivity contribution in [1.82, 2.24) is 10.3 Å². The Labute approximate surface area is 97.2 Å². The molecular weight excluding hydrogens is 200 g/mol. The number of rotatable bonds is 3. The quantitative estimate of drug-likeness (QED) is 0.846. The van der Waals surface area contributed by atoms with E-state index in [1.54, 1.807) is 0 Å². The second-order valence-corrected chi connectivity index (χ2v) is 4.66. The van der Waals surface area contributed by atoms with Gasteiger partial charge in [0.15, 0.2) is 0 Å². The third kappa shape index (κ3) is 2.25. The van der Waals surface area contributed by atoms with Gasteiger partial charge in [-0.15, -0.1) is 0 Å². The highest BCUT2D eigenvalue weighted by Gasteiger charge is 2.32. The highest BCUT2D eigenvalue weighted by molar-refractivity contribution is 5.21. The van der Waals surface area contributed by atoms with E-state index in [-0.39, 0.29) is 12.1 Å². The van der Waals surface area contributed by atoms with E-state index in [4.69, 9.17) is 4.74 Å². The van der Waals surface area contributed by atoms with Crippen LogP contribution in [0.3, 0.4) is 0 Å². The van der Waals surface area contributed by atoms with Gasteiger partial charge in [-0.3, -0.25) is 4.98 Å². The molecule has 1 N–H and O–H groups in total. The lowest BCUT2D eigenvalue weighted by Crippen LogP contribution is -2.32. The minimum Gasteiger partial charge on any atom is -0.376 e. The highest BCUT2D eigenvalue weighted by Crippen LogP contribution is 2.30. The van der Waals surface area contributed by atoms with E-state index in [0.717, 1.165) is 13.0 Å². The van der Waals surface area contributed by atoms with E-state index in [1.165, 1.54) is 11.1 Å². The van der Waals surface area contributed by atoms with Gasteiger partial charge in [-0.05, 0) is 37.4 Å². The molecule has 1 aromatic heterocycles. The zero-order valence-electron chi connectivity index (χ0n) is 10.2. The summed E-state index contributed by atoms with van der Waals surface area (Å²) in [7, 11) is 1.99. The summed E-state index contributed by atoms with van der Waals surface area (Å²) in [6.45, 7) is 5.21. The van der Waals surface area contributed by atoms with Crippen LogP contribution in [-0.2, 0) is 4.74 Å². The van der Waals surface area contributed by atoms with Crippen LogP contribution in [0.2, 0.25) is 0 Å². The van der Waals surface area contributed by atoms with Crippen LogP contribution >= 0.6 is 0 Å². The lowest BCUT2D eigenvalue weighted by molar-refractivity contribution is 0.0630. The first-order chi connectivity index (χ1) is 7.72. The maximum absolute atomic E-state index is 5.82. The largest absolute Gasteiger partial charge is 0.376 e. The minimum atomic E-state index is 0.255. The van der Waals surface area contributed by atoms with Crippen molar-refractivity contribution in [2.75, 3.05) is 13.7 Å². The summed E-state index contributed by atoms with van der Waals surface area (Å²) >= 11 is 0. The fraction of sp³-hybridized carbons (Fsp3) is 0.615. The van der Waals surface area contributed by atoms with Crippen molar-refractivity contribution in [1.29, 1.82) is 0 Å². The number of aromatic nitrogens is 1. The molecule has 1 aromatic rings. The first kappa shape index (κ1) is 11.6. The number of likely N-dealkylation sites (N-methyl/N-ethyl adjacent to an activating group) is 1. The molecule has 3 atom stereocenters. The van der Waals surface area contributed by atoms with Gasteiger partial charge in [-0.25, -0.2) is 0 Å². The van der Waals surface area contributed by atoms with E-state index < -0.39 is 0 Å². The van der Waals surface area contributed by atoms with Crippen molar-refractivity contribution in [3.8, 4) is 0 Å². The molecule has 2 rings (SSSR count). The molecule has 3 unspecified atom stereocenters. The van der Waals surface area contributed by atoms with Crippen molar-refractivity contribution in [3.63, 3.8) is 0 Å². The molecule has 1 saturated heterocycles. The molecule has 1 fully saturated rings. The number of pyridine rings is 1. The topological polar surface area (TPSA) is 34.2 Å². The zero-order chi connectivity index (χ0) is 11.5. The molecular formula is C13H20N2O.